The number of nitrogens with zero attached hydrogens (tertiary/aromatic N) is 4. The van der Waals surface area contributed by atoms with E-state index < -0.39 is 0 Å². The third-order valence-corrected chi connectivity index (χ3v) is 5.50. The van der Waals surface area contributed by atoms with E-state index in [1.165, 1.54) is 21.6 Å². The number of carbonyl (C=O) groups is 1. The number of piperazine rings is 1. The first-order valence-corrected chi connectivity index (χ1v) is 9.63. The Morgan fingerprint density at radius 2 is 2.00 bits per heavy atom. The van der Waals surface area contributed by atoms with Crippen LogP contribution in [0.5, 0.6) is 5.75 Å². The molecule has 0 aliphatic carbocycles. The molecule has 0 spiro atoms. The van der Waals surface area contributed by atoms with E-state index in [-0.39, 0.29) is 6.03 Å². The zero-order valence-corrected chi connectivity index (χ0v) is 15.9. The van der Waals surface area contributed by atoms with Crippen molar-refractivity contribution in [3.8, 4) is 5.75 Å². The Hall–Kier alpha value is -2.87. The predicted octanol–water partition coefficient (Wildman–Crippen LogP) is 2.73. The maximum absolute atomic E-state index is 12.4. The zero-order valence-electron chi connectivity index (χ0n) is 15.1. The molecule has 0 saturated carbocycles. The highest BCUT2D eigenvalue weighted by atomic mass is 32.1. The number of rotatable bonds is 4. The summed E-state index contributed by atoms with van der Waals surface area (Å²) in [7, 11) is 1.60. The summed E-state index contributed by atoms with van der Waals surface area (Å²) in [5.74, 6) is 1.73. The molecule has 140 valence electrons. The number of nitrogens with one attached hydrogen (secondary N) is 1. The molecule has 1 fully saturated rings. The number of carbonyl (C=O) groups excluding carboxylic acids is 1. The number of methoxy groups -OCH3 is 1. The highest BCUT2D eigenvalue weighted by molar-refractivity contribution is 7.13. The summed E-state index contributed by atoms with van der Waals surface area (Å²) < 4.78 is 10.9. The average molecular weight is 383 g/mol. The van der Waals surface area contributed by atoms with Gasteiger partial charge in [-0.05, 0) is 35.8 Å². The normalized spacial score (nSPS) is 14.4. The smallest absolute Gasteiger partial charge is 0.317 e. The van der Waals surface area contributed by atoms with Gasteiger partial charge in [0, 0.05) is 31.6 Å². The molecule has 2 aromatic heterocycles. The SMILES string of the molecule is COc1ccc(CNC(=O)N2CCN(c3nsc4ccccc34)CC2)nc1. The summed E-state index contributed by atoms with van der Waals surface area (Å²) >= 11 is 1.52. The van der Waals surface area contributed by atoms with E-state index >= 15 is 0 Å². The molecule has 0 radical (unpaired) electrons. The molecule has 0 atom stereocenters. The fourth-order valence-corrected chi connectivity index (χ4v) is 3.93. The third-order valence-electron chi connectivity index (χ3n) is 4.68. The Labute approximate surface area is 161 Å². The number of benzene rings is 1. The van der Waals surface area contributed by atoms with Gasteiger partial charge in [0.1, 0.15) is 11.6 Å². The molecule has 0 unspecified atom stereocenters. The summed E-state index contributed by atoms with van der Waals surface area (Å²) in [6, 6.07) is 11.9. The molecule has 27 heavy (non-hydrogen) atoms. The van der Waals surface area contributed by atoms with Crippen LogP contribution < -0.4 is 15.0 Å². The molecule has 1 aliphatic heterocycles. The number of fused-ring (bicyclic) bond motifs is 1. The number of pyridine rings is 1. The molecule has 3 heterocycles. The van der Waals surface area contributed by atoms with Crippen LogP contribution in [0.4, 0.5) is 10.6 Å². The van der Waals surface area contributed by atoms with Gasteiger partial charge in [0.05, 0.1) is 30.2 Å². The zero-order chi connectivity index (χ0) is 18.6. The van der Waals surface area contributed by atoms with E-state index in [4.69, 9.17) is 4.74 Å². The van der Waals surface area contributed by atoms with E-state index in [0.29, 0.717) is 25.4 Å². The molecule has 3 aromatic rings. The molecule has 1 N–H and O–H groups in total. The number of hydrogen-bond acceptors (Lipinski definition) is 6. The maximum atomic E-state index is 12.4. The van der Waals surface area contributed by atoms with Crippen molar-refractivity contribution in [2.75, 3.05) is 38.2 Å². The molecule has 0 bridgehead atoms. The minimum absolute atomic E-state index is 0.0598. The Balaban J connectivity index is 1.31. The lowest BCUT2D eigenvalue weighted by molar-refractivity contribution is 0.193. The van der Waals surface area contributed by atoms with Gasteiger partial charge in [-0.3, -0.25) is 4.98 Å². The summed E-state index contributed by atoms with van der Waals surface area (Å²) in [4.78, 5) is 20.8. The third kappa shape index (κ3) is 3.80. The molecule has 2 amide bonds. The van der Waals surface area contributed by atoms with Gasteiger partial charge < -0.3 is 19.9 Å². The van der Waals surface area contributed by atoms with Crippen LogP contribution in [-0.4, -0.2) is 53.6 Å². The number of anilines is 1. The second-order valence-corrected chi connectivity index (χ2v) is 7.13. The first kappa shape index (κ1) is 17.5. The number of ether oxygens (including phenoxy) is 1. The lowest BCUT2D eigenvalue weighted by Crippen LogP contribution is -2.51. The van der Waals surface area contributed by atoms with Crippen LogP contribution in [0.25, 0.3) is 10.1 Å². The summed E-state index contributed by atoms with van der Waals surface area (Å²) in [6.07, 6.45) is 1.65. The van der Waals surface area contributed by atoms with E-state index in [1.54, 1.807) is 13.3 Å². The minimum atomic E-state index is -0.0598. The Bertz CT molecular complexity index is 919. The predicted molar refractivity (Wildman–Crippen MR) is 106 cm³/mol. The van der Waals surface area contributed by atoms with Crippen molar-refractivity contribution < 1.29 is 9.53 Å². The van der Waals surface area contributed by atoms with Gasteiger partial charge in [0.15, 0.2) is 0 Å². The highest BCUT2D eigenvalue weighted by Crippen LogP contribution is 2.29. The van der Waals surface area contributed by atoms with E-state index in [9.17, 15) is 4.79 Å². The van der Waals surface area contributed by atoms with Crippen LogP contribution >= 0.6 is 11.5 Å². The second kappa shape index (κ2) is 7.79. The fourth-order valence-electron chi connectivity index (χ4n) is 3.14. The van der Waals surface area contributed by atoms with Gasteiger partial charge in [-0.25, -0.2) is 4.79 Å². The molecule has 1 saturated heterocycles. The van der Waals surface area contributed by atoms with Crippen molar-refractivity contribution in [2.24, 2.45) is 0 Å². The molecule has 7 nitrogen and oxygen atoms in total. The first-order valence-electron chi connectivity index (χ1n) is 8.85. The van der Waals surface area contributed by atoms with E-state index in [0.717, 1.165) is 24.6 Å². The van der Waals surface area contributed by atoms with Crippen LogP contribution in [0.1, 0.15) is 5.69 Å². The second-order valence-electron chi connectivity index (χ2n) is 6.32. The van der Waals surface area contributed by atoms with Crippen LogP contribution in [-0.2, 0) is 6.54 Å². The Kier molecular flexibility index (Phi) is 5.06. The van der Waals surface area contributed by atoms with Crippen molar-refractivity contribution >= 4 is 33.5 Å². The Morgan fingerprint density at radius 3 is 2.74 bits per heavy atom. The monoisotopic (exact) mass is 383 g/mol. The van der Waals surface area contributed by atoms with Crippen molar-refractivity contribution in [1.29, 1.82) is 0 Å². The highest BCUT2D eigenvalue weighted by Gasteiger charge is 2.23. The fraction of sp³-hybridized carbons (Fsp3) is 0.316. The van der Waals surface area contributed by atoms with E-state index in [2.05, 4.69) is 31.7 Å². The van der Waals surface area contributed by atoms with Gasteiger partial charge in [0.25, 0.3) is 0 Å². The molecular weight excluding hydrogens is 362 g/mol. The lowest BCUT2D eigenvalue weighted by Gasteiger charge is -2.35. The van der Waals surface area contributed by atoms with Gasteiger partial charge in [-0.2, -0.15) is 4.37 Å². The number of aromatic nitrogens is 2. The molecule has 1 aromatic carbocycles. The molecule has 8 heteroatoms. The number of hydrogen-bond donors (Lipinski definition) is 1. The van der Waals surface area contributed by atoms with Gasteiger partial charge in [0.2, 0.25) is 0 Å². The quantitative estimate of drug-likeness (QED) is 0.750. The van der Waals surface area contributed by atoms with Crippen molar-refractivity contribution in [2.45, 2.75) is 6.54 Å². The molecule has 4 rings (SSSR count). The summed E-state index contributed by atoms with van der Waals surface area (Å²) in [5, 5.41) is 4.12. The maximum Gasteiger partial charge on any atom is 0.317 e. The minimum Gasteiger partial charge on any atom is -0.495 e. The largest absolute Gasteiger partial charge is 0.495 e. The van der Waals surface area contributed by atoms with Crippen molar-refractivity contribution in [3.05, 3.63) is 48.3 Å². The lowest BCUT2D eigenvalue weighted by atomic mass is 10.2. The standard InChI is InChI=1S/C19H21N5O2S/c1-26-15-7-6-14(20-13-15)12-21-19(25)24-10-8-23(9-11-24)18-16-4-2-3-5-17(16)27-22-18/h2-7,13H,8-12H2,1H3,(H,21,25). The molecular formula is C19H21N5O2S. The summed E-state index contributed by atoms with van der Waals surface area (Å²) in [6.45, 7) is 3.31. The number of urea groups is 1. The molecule has 1 aliphatic rings. The van der Waals surface area contributed by atoms with Crippen molar-refractivity contribution in [3.63, 3.8) is 0 Å². The van der Waals surface area contributed by atoms with E-state index in [1.807, 2.05) is 29.2 Å². The van der Waals surface area contributed by atoms with Crippen LogP contribution in [0.15, 0.2) is 42.6 Å². The van der Waals surface area contributed by atoms with Gasteiger partial charge in [-0.1, -0.05) is 12.1 Å². The first-order chi connectivity index (χ1) is 13.2. The average Bonchev–Trinajstić information content (AvgIpc) is 3.16. The van der Waals surface area contributed by atoms with Crippen LogP contribution in [0.3, 0.4) is 0 Å². The van der Waals surface area contributed by atoms with Crippen molar-refractivity contribution in [1.82, 2.24) is 19.6 Å². The number of amides is 2. The summed E-state index contributed by atoms with van der Waals surface area (Å²) in [5.41, 5.74) is 0.803. The topological polar surface area (TPSA) is 70.6 Å². The van der Waals surface area contributed by atoms with Crippen LogP contribution in [0, 0.1) is 0 Å². The van der Waals surface area contributed by atoms with Crippen LogP contribution in [0.2, 0.25) is 0 Å². The Morgan fingerprint density at radius 1 is 1.19 bits per heavy atom. The van der Waals surface area contributed by atoms with Gasteiger partial charge in [-0.15, -0.1) is 0 Å². The van der Waals surface area contributed by atoms with Gasteiger partial charge >= 0.3 is 6.03 Å².